The van der Waals surface area contributed by atoms with Crippen LogP contribution in [0.2, 0.25) is 0 Å². The van der Waals surface area contributed by atoms with Crippen LogP contribution in [0.5, 0.6) is 11.5 Å². The lowest BCUT2D eigenvalue weighted by Crippen LogP contribution is -2.07. The molecule has 0 spiro atoms. The summed E-state index contributed by atoms with van der Waals surface area (Å²) in [6, 6.07) is 2.65. The van der Waals surface area contributed by atoms with E-state index >= 15 is 0 Å². The van der Waals surface area contributed by atoms with Crippen molar-refractivity contribution in [3.05, 3.63) is 34.4 Å². The summed E-state index contributed by atoms with van der Waals surface area (Å²) in [5.74, 6) is -0.619. The van der Waals surface area contributed by atoms with E-state index in [1.165, 1.54) is 19.1 Å². The number of carbonyl (C=O) groups is 1. The van der Waals surface area contributed by atoms with E-state index in [2.05, 4.69) is 0 Å². The summed E-state index contributed by atoms with van der Waals surface area (Å²) in [7, 11) is 0. The van der Waals surface area contributed by atoms with Crippen LogP contribution in [0.1, 0.15) is 18.6 Å². The summed E-state index contributed by atoms with van der Waals surface area (Å²) >= 11 is 0. The van der Waals surface area contributed by atoms with E-state index < -0.39 is 17.0 Å². The molecule has 1 aromatic rings. The first-order valence-electron chi connectivity index (χ1n) is 5.28. The Morgan fingerprint density at radius 1 is 1.53 bits per heavy atom. The highest BCUT2D eigenvalue weighted by Gasteiger charge is 2.27. The third-order valence-electron chi connectivity index (χ3n) is 2.53. The fourth-order valence-corrected chi connectivity index (χ4v) is 1.66. The lowest BCUT2D eigenvalue weighted by molar-refractivity contribution is -0.386. The topological polar surface area (TPSA) is 108 Å². The third-order valence-corrected chi connectivity index (χ3v) is 2.53. The van der Waals surface area contributed by atoms with Crippen LogP contribution in [0.15, 0.2) is 12.1 Å². The van der Waals surface area contributed by atoms with Crippen LogP contribution in [0, 0.1) is 16.7 Å². The number of rotatable bonds is 5. The summed E-state index contributed by atoms with van der Waals surface area (Å²) in [4.78, 5) is 20.8. The Morgan fingerprint density at radius 2 is 2.16 bits per heavy atom. The number of carboxylic acids is 1. The Kier molecular flexibility index (Phi) is 3.52. The number of fused-ring (bicyclic) bond motifs is 1. The number of hydrogen-bond acceptors (Lipinski definition) is 6. The Hall–Kier alpha value is -2.35. The first-order chi connectivity index (χ1) is 8.99. The molecule has 1 aliphatic heterocycles. The number of nitro groups is 1. The van der Waals surface area contributed by atoms with Gasteiger partial charge < -0.3 is 19.3 Å². The predicted molar refractivity (Wildman–Crippen MR) is 60.7 cm³/mol. The van der Waals surface area contributed by atoms with Crippen molar-refractivity contribution in [2.45, 2.75) is 13.0 Å². The minimum atomic E-state index is -1.27. The van der Waals surface area contributed by atoms with Crippen LogP contribution >= 0.6 is 0 Å². The minimum absolute atomic E-state index is 0.00751. The molecule has 0 saturated heterocycles. The van der Waals surface area contributed by atoms with Gasteiger partial charge in [0.05, 0.1) is 22.7 Å². The van der Waals surface area contributed by atoms with Crippen molar-refractivity contribution >= 4 is 11.7 Å². The number of carboxylic acid groups (broad SMARTS) is 1. The fourth-order valence-electron chi connectivity index (χ4n) is 1.66. The van der Waals surface area contributed by atoms with Crippen LogP contribution in [0.3, 0.4) is 0 Å². The first kappa shape index (κ1) is 13.1. The van der Waals surface area contributed by atoms with Gasteiger partial charge in [-0.3, -0.25) is 10.1 Å². The second-order valence-corrected chi connectivity index (χ2v) is 3.76. The zero-order valence-electron chi connectivity index (χ0n) is 9.86. The van der Waals surface area contributed by atoms with Gasteiger partial charge in [0.2, 0.25) is 6.79 Å². The molecule has 1 atom stereocenters. The standard InChI is InChI=1S/C11H10NO7/c1-6(17-4-11(13)14)7-2-9-10(19-5-18-9)3-8(7)12(15)16/h2-4,6H,5H2,1H3,(H,13,14). The number of benzene rings is 1. The molecule has 8 nitrogen and oxygen atoms in total. The molecule has 8 heteroatoms. The SMILES string of the molecule is CC(O[CH]C(=O)O)c1cc2c(cc1[N+](=O)[O-])OCO2. The molecular weight excluding hydrogens is 258 g/mol. The van der Waals surface area contributed by atoms with E-state index in [4.69, 9.17) is 19.3 Å². The molecular formula is C11H10NO7. The molecule has 1 heterocycles. The molecule has 0 bridgehead atoms. The minimum Gasteiger partial charge on any atom is -0.479 e. The highest BCUT2D eigenvalue weighted by Crippen LogP contribution is 2.40. The first-order valence-corrected chi connectivity index (χ1v) is 5.28. The zero-order valence-corrected chi connectivity index (χ0v) is 9.86. The smallest absolute Gasteiger partial charge is 0.336 e. The zero-order chi connectivity index (χ0) is 14.0. The molecule has 19 heavy (non-hydrogen) atoms. The van der Waals surface area contributed by atoms with Crippen molar-refractivity contribution < 1.29 is 29.0 Å². The second kappa shape index (κ2) is 5.11. The van der Waals surface area contributed by atoms with Gasteiger partial charge in [-0.2, -0.15) is 0 Å². The van der Waals surface area contributed by atoms with E-state index in [0.717, 1.165) is 0 Å². The number of nitrogens with zero attached hydrogens (tertiary/aromatic N) is 1. The van der Waals surface area contributed by atoms with Gasteiger partial charge in [0, 0.05) is 0 Å². The molecule has 2 rings (SSSR count). The van der Waals surface area contributed by atoms with Crippen molar-refractivity contribution in [2.75, 3.05) is 6.79 Å². The largest absolute Gasteiger partial charge is 0.479 e. The number of ether oxygens (including phenoxy) is 3. The molecule has 1 N–H and O–H groups in total. The van der Waals surface area contributed by atoms with E-state index in [0.29, 0.717) is 12.4 Å². The Labute approximate surface area is 107 Å². The van der Waals surface area contributed by atoms with Crippen LogP contribution in [-0.4, -0.2) is 22.8 Å². The predicted octanol–water partition coefficient (Wildman–Crippen LogP) is 1.65. The number of hydrogen-bond donors (Lipinski definition) is 1. The van der Waals surface area contributed by atoms with Gasteiger partial charge in [0.15, 0.2) is 18.1 Å². The van der Waals surface area contributed by atoms with Gasteiger partial charge in [-0.1, -0.05) is 0 Å². The molecule has 0 amide bonds. The maximum Gasteiger partial charge on any atom is 0.336 e. The van der Waals surface area contributed by atoms with Gasteiger partial charge in [-0.25, -0.2) is 4.79 Å². The van der Waals surface area contributed by atoms with Crippen LogP contribution in [0.4, 0.5) is 5.69 Å². The molecule has 0 aliphatic carbocycles. The van der Waals surface area contributed by atoms with E-state index in [1.807, 2.05) is 0 Å². The molecule has 101 valence electrons. The number of aliphatic carboxylic acids is 1. The van der Waals surface area contributed by atoms with Crippen LogP contribution in [-0.2, 0) is 9.53 Å². The van der Waals surface area contributed by atoms with Gasteiger partial charge in [-0.05, 0) is 13.0 Å². The summed E-state index contributed by atoms with van der Waals surface area (Å²) in [6.45, 7) is 2.08. The Bertz CT molecular complexity index is 528. The van der Waals surface area contributed by atoms with Gasteiger partial charge >= 0.3 is 5.97 Å². The van der Waals surface area contributed by atoms with E-state index in [9.17, 15) is 14.9 Å². The van der Waals surface area contributed by atoms with Crippen molar-refractivity contribution in [1.82, 2.24) is 0 Å². The summed E-state index contributed by atoms with van der Waals surface area (Å²) in [5, 5.41) is 19.5. The van der Waals surface area contributed by atoms with E-state index in [1.54, 1.807) is 0 Å². The van der Waals surface area contributed by atoms with Crippen molar-refractivity contribution in [3.63, 3.8) is 0 Å². The molecule has 1 aromatic carbocycles. The second-order valence-electron chi connectivity index (χ2n) is 3.76. The molecule has 0 fully saturated rings. The fraction of sp³-hybridized carbons (Fsp3) is 0.273. The average molecular weight is 268 g/mol. The highest BCUT2D eigenvalue weighted by atomic mass is 16.7. The molecule has 1 unspecified atom stereocenters. The lowest BCUT2D eigenvalue weighted by atomic mass is 10.1. The Morgan fingerprint density at radius 3 is 2.74 bits per heavy atom. The van der Waals surface area contributed by atoms with Gasteiger partial charge in [-0.15, -0.1) is 0 Å². The molecule has 0 saturated carbocycles. The number of nitro benzene ring substituents is 1. The molecule has 1 aliphatic rings. The normalized spacial score (nSPS) is 14.2. The highest BCUT2D eigenvalue weighted by molar-refractivity contribution is 5.74. The quantitative estimate of drug-likeness (QED) is 0.638. The lowest BCUT2D eigenvalue weighted by Gasteiger charge is -2.12. The van der Waals surface area contributed by atoms with Crippen LogP contribution < -0.4 is 9.47 Å². The molecule has 0 aromatic heterocycles. The third kappa shape index (κ3) is 2.74. The summed E-state index contributed by atoms with van der Waals surface area (Å²) < 4.78 is 15.1. The molecule has 1 radical (unpaired) electrons. The monoisotopic (exact) mass is 268 g/mol. The van der Waals surface area contributed by atoms with Crippen molar-refractivity contribution in [2.24, 2.45) is 0 Å². The van der Waals surface area contributed by atoms with E-state index in [-0.39, 0.29) is 23.8 Å². The average Bonchev–Trinajstić information content (AvgIpc) is 2.81. The maximum absolute atomic E-state index is 11.0. The van der Waals surface area contributed by atoms with Crippen LogP contribution in [0.25, 0.3) is 0 Å². The summed E-state index contributed by atoms with van der Waals surface area (Å²) in [5.41, 5.74) is 0.00212. The Balaban J connectivity index is 2.32. The summed E-state index contributed by atoms with van der Waals surface area (Å²) in [6.07, 6.45) is -0.800. The maximum atomic E-state index is 11.0. The van der Waals surface area contributed by atoms with Gasteiger partial charge in [0.1, 0.15) is 0 Å². The van der Waals surface area contributed by atoms with Gasteiger partial charge in [0.25, 0.3) is 5.69 Å². The van der Waals surface area contributed by atoms with Crippen molar-refractivity contribution in [1.29, 1.82) is 0 Å². The van der Waals surface area contributed by atoms with Crippen molar-refractivity contribution in [3.8, 4) is 11.5 Å².